The van der Waals surface area contributed by atoms with Crippen LogP contribution in [0.4, 0.5) is 0 Å². The molecule has 4 nitrogen and oxygen atoms in total. The molecule has 0 amide bonds. The number of rotatable bonds is 3. The normalized spacial score (nSPS) is 10.6. The van der Waals surface area contributed by atoms with E-state index in [2.05, 4.69) is 5.10 Å². The summed E-state index contributed by atoms with van der Waals surface area (Å²) in [7, 11) is 1.84. The van der Waals surface area contributed by atoms with Crippen molar-refractivity contribution >= 4 is 17.6 Å². The van der Waals surface area contributed by atoms with Gasteiger partial charge in [0.15, 0.2) is 0 Å². The molecule has 0 atom stereocenters. The van der Waals surface area contributed by atoms with Crippen LogP contribution in [0.15, 0.2) is 24.4 Å². The number of hydrogen-bond donors (Lipinski definition) is 1. The summed E-state index contributed by atoms with van der Waals surface area (Å²) in [4.78, 5) is 11.1. The molecule has 2 aromatic rings. The molecule has 94 valence electrons. The maximum absolute atomic E-state index is 11.1. The fourth-order valence-electron chi connectivity index (χ4n) is 1.89. The second kappa shape index (κ2) is 4.82. The van der Waals surface area contributed by atoms with E-state index in [4.69, 9.17) is 16.7 Å². The van der Waals surface area contributed by atoms with Gasteiger partial charge in [-0.1, -0.05) is 24.6 Å². The predicted molar refractivity (Wildman–Crippen MR) is 70.0 cm³/mol. The number of nitrogens with zero attached hydrogens (tertiary/aromatic N) is 2. The molecule has 1 N–H and O–H groups in total. The first-order chi connectivity index (χ1) is 8.52. The molecule has 18 heavy (non-hydrogen) atoms. The Hall–Kier alpha value is -1.81. The van der Waals surface area contributed by atoms with Crippen LogP contribution in [0, 0.1) is 0 Å². The minimum atomic E-state index is -1.02. The number of aromatic carboxylic acids is 1. The van der Waals surface area contributed by atoms with Crippen LogP contribution in [-0.2, 0) is 13.5 Å². The first-order valence-corrected chi connectivity index (χ1v) is 5.96. The van der Waals surface area contributed by atoms with Crippen LogP contribution < -0.4 is 0 Å². The highest BCUT2D eigenvalue weighted by Crippen LogP contribution is 2.27. The predicted octanol–water partition coefficient (Wildman–Crippen LogP) is 3.00. The minimum Gasteiger partial charge on any atom is -0.478 e. The van der Waals surface area contributed by atoms with E-state index >= 15 is 0 Å². The Balaban J connectivity index is 2.57. The highest BCUT2D eigenvalue weighted by Gasteiger charge is 2.13. The highest BCUT2D eigenvalue weighted by atomic mass is 35.5. The molecule has 1 aromatic carbocycles. The van der Waals surface area contributed by atoms with Crippen LogP contribution in [0.3, 0.4) is 0 Å². The maximum atomic E-state index is 11.1. The quantitative estimate of drug-likeness (QED) is 0.927. The molecule has 2 rings (SSSR count). The molecule has 0 fully saturated rings. The first-order valence-electron chi connectivity index (χ1n) is 5.58. The van der Waals surface area contributed by atoms with Gasteiger partial charge >= 0.3 is 5.97 Å². The van der Waals surface area contributed by atoms with E-state index < -0.39 is 5.97 Å². The largest absolute Gasteiger partial charge is 0.478 e. The molecule has 0 aliphatic heterocycles. The van der Waals surface area contributed by atoms with Crippen molar-refractivity contribution in [3.63, 3.8) is 0 Å². The molecule has 0 unspecified atom stereocenters. The molecule has 0 radical (unpaired) electrons. The summed E-state index contributed by atoms with van der Waals surface area (Å²) in [5.74, 6) is -1.02. The van der Waals surface area contributed by atoms with Crippen LogP contribution in [0.2, 0.25) is 5.02 Å². The summed E-state index contributed by atoms with van der Waals surface area (Å²) in [6, 6.07) is 5.00. The molecule has 1 aromatic heterocycles. The van der Waals surface area contributed by atoms with E-state index in [-0.39, 0.29) is 10.6 Å². The number of halogens is 1. The van der Waals surface area contributed by atoms with Crippen LogP contribution in [0.5, 0.6) is 0 Å². The van der Waals surface area contributed by atoms with Gasteiger partial charge in [0.1, 0.15) is 0 Å². The number of carboxylic acids is 1. The van der Waals surface area contributed by atoms with E-state index in [9.17, 15) is 4.79 Å². The summed E-state index contributed by atoms with van der Waals surface area (Å²) in [6.45, 7) is 2.01. The molecule has 0 saturated heterocycles. The van der Waals surface area contributed by atoms with Crippen LogP contribution >= 0.6 is 11.6 Å². The van der Waals surface area contributed by atoms with Crippen molar-refractivity contribution in [2.75, 3.05) is 0 Å². The van der Waals surface area contributed by atoms with Gasteiger partial charge in [0, 0.05) is 18.8 Å². The van der Waals surface area contributed by atoms with E-state index in [1.165, 1.54) is 0 Å². The van der Waals surface area contributed by atoms with Gasteiger partial charge < -0.3 is 5.11 Å². The standard InChI is InChI=1S/C13H13ClN2O2/c1-3-12-10(7-16(2)15-12)8-4-5-11(14)9(6-8)13(17)18/h4-7H,3H2,1-2H3,(H,17,18). The average Bonchev–Trinajstić information content (AvgIpc) is 2.70. The van der Waals surface area contributed by atoms with E-state index in [1.807, 2.05) is 26.2 Å². The highest BCUT2D eigenvalue weighted by molar-refractivity contribution is 6.33. The van der Waals surface area contributed by atoms with Crippen LogP contribution in [-0.4, -0.2) is 20.9 Å². The minimum absolute atomic E-state index is 0.111. The maximum Gasteiger partial charge on any atom is 0.337 e. The van der Waals surface area contributed by atoms with Gasteiger partial charge in [-0.15, -0.1) is 0 Å². The van der Waals surface area contributed by atoms with Crippen molar-refractivity contribution in [3.8, 4) is 11.1 Å². The van der Waals surface area contributed by atoms with Gasteiger partial charge in [-0.05, 0) is 24.1 Å². The van der Waals surface area contributed by atoms with Crippen molar-refractivity contribution in [1.29, 1.82) is 0 Å². The van der Waals surface area contributed by atoms with Gasteiger partial charge in [0.2, 0.25) is 0 Å². The summed E-state index contributed by atoms with van der Waals surface area (Å²) >= 11 is 5.86. The lowest BCUT2D eigenvalue weighted by atomic mass is 10.0. The topological polar surface area (TPSA) is 55.1 Å². The lowest BCUT2D eigenvalue weighted by Gasteiger charge is -2.04. The molecule has 0 spiro atoms. The Morgan fingerprint density at radius 1 is 1.50 bits per heavy atom. The first kappa shape index (κ1) is 12.6. The van der Waals surface area contributed by atoms with Gasteiger partial charge in [0.25, 0.3) is 0 Å². The van der Waals surface area contributed by atoms with Crippen molar-refractivity contribution < 1.29 is 9.90 Å². The van der Waals surface area contributed by atoms with E-state index in [0.29, 0.717) is 0 Å². The van der Waals surface area contributed by atoms with Crippen molar-refractivity contribution in [1.82, 2.24) is 9.78 Å². The smallest absolute Gasteiger partial charge is 0.337 e. The zero-order valence-electron chi connectivity index (χ0n) is 10.1. The Bertz CT molecular complexity index is 605. The van der Waals surface area contributed by atoms with Gasteiger partial charge in [-0.2, -0.15) is 5.10 Å². The zero-order chi connectivity index (χ0) is 13.3. The molecule has 0 saturated carbocycles. The second-order valence-electron chi connectivity index (χ2n) is 4.02. The summed E-state index contributed by atoms with van der Waals surface area (Å²) in [5, 5.41) is 13.6. The monoisotopic (exact) mass is 264 g/mol. The Morgan fingerprint density at radius 2 is 2.22 bits per heavy atom. The fourth-order valence-corrected chi connectivity index (χ4v) is 2.09. The molecule has 0 bridgehead atoms. The van der Waals surface area contributed by atoms with Gasteiger partial charge in [0.05, 0.1) is 16.3 Å². The number of hydrogen-bond acceptors (Lipinski definition) is 2. The third kappa shape index (κ3) is 2.24. The molecular weight excluding hydrogens is 252 g/mol. The molecule has 0 aliphatic carbocycles. The lowest BCUT2D eigenvalue weighted by Crippen LogP contribution is -1.98. The summed E-state index contributed by atoms with van der Waals surface area (Å²) in [5.41, 5.74) is 2.82. The van der Waals surface area contributed by atoms with E-state index in [0.717, 1.165) is 23.2 Å². The third-order valence-electron chi connectivity index (χ3n) is 2.75. The van der Waals surface area contributed by atoms with Crippen LogP contribution in [0.25, 0.3) is 11.1 Å². The van der Waals surface area contributed by atoms with E-state index in [1.54, 1.807) is 16.8 Å². The molecule has 0 aliphatic rings. The van der Waals surface area contributed by atoms with Gasteiger partial charge in [-0.3, -0.25) is 4.68 Å². The fraction of sp³-hybridized carbons (Fsp3) is 0.231. The van der Waals surface area contributed by atoms with Crippen LogP contribution in [0.1, 0.15) is 23.0 Å². The SMILES string of the molecule is CCc1nn(C)cc1-c1ccc(Cl)c(C(=O)O)c1. The molecular formula is C13H13ClN2O2. The van der Waals surface area contributed by atoms with Crippen molar-refractivity contribution in [2.24, 2.45) is 7.05 Å². The Morgan fingerprint density at radius 3 is 2.83 bits per heavy atom. The Labute approximate surface area is 110 Å². The number of aryl methyl sites for hydroxylation is 2. The second-order valence-corrected chi connectivity index (χ2v) is 4.42. The number of aromatic nitrogens is 2. The Kier molecular flexibility index (Phi) is 3.39. The van der Waals surface area contributed by atoms with Crippen molar-refractivity contribution in [2.45, 2.75) is 13.3 Å². The summed E-state index contributed by atoms with van der Waals surface area (Å²) < 4.78 is 1.73. The zero-order valence-corrected chi connectivity index (χ0v) is 10.9. The lowest BCUT2D eigenvalue weighted by molar-refractivity contribution is 0.0697. The molecule has 5 heteroatoms. The third-order valence-corrected chi connectivity index (χ3v) is 3.08. The number of benzene rings is 1. The van der Waals surface area contributed by atoms with Crippen molar-refractivity contribution in [3.05, 3.63) is 40.7 Å². The number of carboxylic acid groups (broad SMARTS) is 1. The van der Waals surface area contributed by atoms with Gasteiger partial charge in [-0.25, -0.2) is 4.79 Å². The molecule has 1 heterocycles. The summed E-state index contributed by atoms with van der Waals surface area (Å²) in [6.07, 6.45) is 2.68. The number of carbonyl (C=O) groups is 1. The average molecular weight is 265 g/mol.